The molecule has 49 heavy (non-hydrogen) atoms. The summed E-state index contributed by atoms with van der Waals surface area (Å²) in [4.78, 5) is 0. The summed E-state index contributed by atoms with van der Waals surface area (Å²) in [5.41, 5.74) is 10.00. The number of hydrogen-bond acceptors (Lipinski definition) is 2. The average molecular weight is 622 g/mol. The van der Waals surface area contributed by atoms with Gasteiger partial charge in [0.15, 0.2) is 0 Å². The minimum Gasteiger partial charge on any atom is -0.456 e. The lowest BCUT2D eigenvalue weighted by atomic mass is 9.83. The van der Waals surface area contributed by atoms with Gasteiger partial charge in [0.25, 0.3) is 0 Å². The lowest BCUT2D eigenvalue weighted by molar-refractivity contribution is 0.487. The van der Waals surface area contributed by atoms with Crippen LogP contribution in [-0.4, -0.2) is 0 Å². The third kappa shape index (κ3) is 4.07. The SMILES string of the molecule is N#Cc1ccc2c3c(cccc13)-c1ccc(-c3c4ccccc4c(-c4ccc(-c5ccccc5)c5ccccc45)c4ccccc34)cc1O2. The topological polar surface area (TPSA) is 33.0 Å². The van der Waals surface area contributed by atoms with Crippen LogP contribution in [0.5, 0.6) is 11.5 Å². The zero-order valence-corrected chi connectivity index (χ0v) is 26.4. The van der Waals surface area contributed by atoms with Crippen LogP contribution in [0.1, 0.15) is 5.56 Å². The summed E-state index contributed by atoms with van der Waals surface area (Å²) in [5.74, 6) is 1.60. The molecule has 1 aliphatic rings. The van der Waals surface area contributed by atoms with Crippen molar-refractivity contribution in [2.45, 2.75) is 0 Å². The van der Waals surface area contributed by atoms with Gasteiger partial charge in [-0.2, -0.15) is 5.26 Å². The fourth-order valence-electron chi connectivity index (χ4n) is 8.00. The molecule has 10 rings (SSSR count). The Kier molecular flexibility index (Phi) is 5.97. The summed E-state index contributed by atoms with van der Waals surface area (Å²) in [6.07, 6.45) is 0. The van der Waals surface area contributed by atoms with Crippen molar-refractivity contribution in [3.05, 3.63) is 169 Å². The van der Waals surface area contributed by atoms with Gasteiger partial charge in [-0.25, -0.2) is 0 Å². The highest BCUT2D eigenvalue weighted by molar-refractivity contribution is 6.24. The van der Waals surface area contributed by atoms with E-state index in [0.29, 0.717) is 5.56 Å². The number of ether oxygens (including phenoxy) is 1. The molecule has 0 amide bonds. The first-order chi connectivity index (χ1) is 24.3. The maximum Gasteiger partial charge on any atom is 0.136 e. The summed E-state index contributed by atoms with van der Waals surface area (Å²) in [5, 5.41) is 19.0. The van der Waals surface area contributed by atoms with Crippen LogP contribution in [0.15, 0.2) is 164 Å². The van der Waals surface area contributed by atoms with Crippen molar-refractivity contribution in [2.24, 2.45) is 0 Å². The summed E-state index contributed by atoms with van der Waals surface area (Å²) in [6.45, 7) is 0. The Bertz CT molecular complexity index is 2800. The Hall–Kier alpha value is -6.69. The molecule has 9 aromatic carbocycles. The molecular formula is C47H27NO. The smallest absolute Gasteiger partial charge is 0.136 e. The van der Waals surface area contributed by atoms with Crippen LogP contribution >= 0.6 is 0 Å². The Labute approximate surface area is 283 Å². The van der Waals surface area contributed by atoms with Gasteiger partial charge in [0.05, 0.1) is 11.6 Å². The van der Waals surface area contributed by atoms with Crippen LogP contribution < -0.4 is 4.74 Å². The van der Waals surface area contributed by atoms with Crippen LogP contribution in [0.3, 0.4) is 0 Å². The predicted molar refractivity (Wildman–Crippen MR) is 203 cm³/mol. The number of nitriles is 1. The van der Waals surface area contributed by atoms with E-state index in [0.717, 1.165) is 39.0 Å². The van der Waals surface area contributed by atoms with E-state index in [1.807, 2.05) is 24.3 Å². The van der Waals surface area contributed by atoms with E-state index in [1.54, 1.807) is 0 Å². The normalized spacial score (nSPS) is 11.8. The Morgan fingerprint density at radius 1 is 0.367 bits per heavy atom. The van der Waals surface area contributed by atoms with Crippen LogP contribution in [0.25, 0.3) is 87.6 Å². The number of hydrogen-bond donors (Lipinski definition) is 0. The van der Waals surface area contributed by atoms with Gasteiger partial charge in [-0.1, -0.05) is 140 Å². The standard InChI is InChI=1S/C47H27NO/c48-28-31-22-26-43-47-33(31)19-10-20-37(47)36-23-21-30(27-44(36)49-43)45-38-15-6-8-17-40(38)46(41-18-9-7-16-39(41)45)42-25-24-32(29-11-2-1-3-12-29)34-13-4-5-14-35(34)42/h1-27H. The molecule has 0 radical (unpaired) electrons. The largest absolute Gasteiger partial charge is 0.456 e. The first kappa shape index (κ1) is 27.4. The lowest BCUT2D eigenvalue weighted by Crippen LogP contribution is -1.99. The van der Waals surface area contributed by atoms with Gasteiger partial charge in [-0.3, -0.25) is 0 Å². The first-order valence-electron chi connectivity index (χ1n) is 16.6. The van der Waals surface area contributed by atoms with Crippen molar-refractivity contribution < 1.29 is 4.74 Å². The molecule has 0 saturated heterocycles. The molecule has 1 aliphatic heterocycles. The van der Waals surface area contributed by atoms with Crippen molar-refractivity contribution in [3.8, 4) is 62.1 Å². The van der Waals surface area contributed by atoms with Crippen molar-refractivity contribution in [3.63, 3.8) is 0 Å². The van der Waals surface area contributed by atoms with Gasteiger partial charge >= 0.3 is 0 Å². The van der Waals surface area contributed by atoms with Gasteiger partial charge < -0.3 is 4.74 Å². The van der Waals surface area contributed by atoms with Gasteiger partial charge in [0.1, 0.15) is 11.5 Å². The molecule has 0 aliphatic carbocycles. The third-order valence-corrected chi connectivity index (χ3v) is 10.1. The van der Waals surface area contributed by atoms with Crippen molar-refractivity contribution in [1.29, 1.82) is 5.26 Å². The van der Waals surface area contributed by atoms with Gasteiger partial charge in [-0.15, -0.1) is 0 Å². The van der Waals surface area contributed by atoms with E-state index in [-0.39, 0.29) is 0 Å². The number of benzene rings is 9. The van der Waals surface area contributed by atoms with Crippen molar-refractivity contribution in [1.82, 2.24) is 0 Å². The molecule has 0 unspecified atom stereocenters. The van der Waals surface area contributed by atoms with Gasteiger partial charge in [-0.05, 0) is 95.5 Å². The molecule has 0 N–H and O–H groups in total. The van der Waals surface area contributed by atoms with Gasteiger partial charge in [0, 0.05) is 16.3 Å². The average Bonchev–Trinajstić information content (AvgIpc) is 3.17. The Morgan fingerprint density at radius 3 is 1.63 bits per heavy atom. The summed E-state index contributed by atoms with van der Waals surface area (Å²) in [6, 6.07) is 60.5. The van der Waals surface area contributed by atoms with Gasteiger partial charge in [0.2, 0.25) is 0 Å². The molecule has 0 spiro atoms. The van der Waals surface area contributed by atoms with Crippen LogP contribution in [-0.2, 0) is 0 Å². The molecule has 226 valence electrons. The Morgan fingerprint density at radius 2 is 0.939 bits per heavy atom. The van der Waals surface area contributed by atoms with Crippen molar-refractivity contribution >= 4 is 43.1 Å². The predicted octanol–water partition coefficient (Wildman–Crippen LogP) is 12.9. The third-order valence-electron chi connectivity index (χ3n) is 10.1. The first-order valence-corrected chi connectivity index (χ1v) is 16.6. The van der Waals surface area contributed by atoms with E-state index in [2.05, 4.69) is 146 Å². The monoisotopic (exact) mass is 621 g/mol. The second-order valence-electron chi connectivity index (χ2n) is 12.7. The molecule has 0 fully saturated rings. The molecule has 0 saturated carbocycles. The zero-order chi connectivity index (χ0) is 32.5. The fourth-order valence-corrected chi connectivity index (χ4v) is 8.00. The molecule has 0 atom stereocenters. The molecule has 9 aromatic rings. The molecular weight excluding hydrogens is 595 g/mol. The van der Waals surface area contributed by atoms with Crippen LogP contribution in [0.4, 0.5) is 0 Å². The minimum absolute atomic E-state index is 0.657. The van der Waals surface area contributed by atoms with E-state index in [1.165, 1.54) is 60.1 Å². The number of nitrogens with zero attached hydrogens (tertiary/aromatic N) is 1. The minimum atomic E-state index is 0.657. The maximum absolute atomic E-state index is 9.75. The lowest BCUT2D eigenvalue weighted by Gasteiger charge is -2.23. The molecule has 1 heterocycles. The summed E-state index contributed by atoms with van der Waals surface area (Å²) < 4.78 is 6.61. The number of fused-ring (bicyclic) bond motifs is 5. The van der Waals surface area contributed by atoms with E-state index < -0.39 is 0 Å². The fraction of sp³-hybridized carbons (Fsp3) is 0. The summed E-state index contributed by atoms with van der Waals surface area (Å²) >= 11 is 0. The highest BCUT2D eigenvalue weighted by Gasteiger charge is 2.24. The molecule has 2 heteroatoms. The van der Waals surface area contributed by atoms with E-state index >= 15 is 0 Å². The number of rotatable bonds is 3. The quantitative estimate of drug-likeness (QED) is 0.184. The highest BCUT2D eigenvalue weighted by atomic mass is 16.5. The molecule has 2 nitrogen and oxygen atoms in total. The summed E-state index contributed by atoms with van der Waals surface area (Å²) in [7, 11) is 0. The zero-order valence-electron chi connectivity index (χ0n) is 26.4. The van der Waals surface area contributed by atoms with E-state index in [4.69, 9.17) is 4.74 Å². The highest BCUT2D eigenvalue weighted by Crippen LogP contribution is 2.51. The van der Waals surface area contributed by atoms with E-state index in [9.17, 15) is 5.26 Å². The Balaban J connectivity index is 1.23. The van der Waals surface area contributed by atoms with Crippen LogP contribution in [0, 0.1) is 11.3 Å². The second kappa shape index (κ2) is 10.7. The molecule has 0 aromatic heterocycles. The molecule has 0 bridgehead atoms. The van der Waals surface area contributed by atoms with Crippen LogP contribution in [0.2, 0.25) is 0 Å². The maximum atomic E-state index is 9.75. The second-order valence-corrected chi connectivity index (χ2v) is 12.7. The van der Waals surface area contributed by atoms with Crippen molar-refractivity contribution in [2.75, 3.05) is 0 Å².